The van der Waals surface area contributed by atoms with Crippen LogP contribution in [0.5, 0.6) is 0 Å². The van der Waals surface area contributed by atoms with Gasteiger partial charge in [0.15, 0.2) is 6.61 Å². The first-order valence-corrected chi connectivity index (χ1v) is 9.77. The fraction of sp³-hybridized carbons (Fsp3) is 0.273. The van der Waals surface area contributed by atoms with Crippen molar-refractivity contribution in [2.45, 2.75) is 31.8 Å². The molecule has 2 N–H and O–H groups in total. The van der Waals surface area contributed by atoms with Gasteiger partial charge in [-0.3, -0.25) is 24.3 Å². The summed E-state index contributed by atoms with van der Waals surface area (Å²) >= 11 is 0. The van der Waals surface area contributed by atoms with Crippen LogP contribution < -0.4 is 16.4 Å². The number of benzene rings is 2. The Kier molecular flexibility index (Phi) is 5.47. The van der Waals surface area contributed by atoms with Crippen LogP contribution in [0.1, 0.15) is 30.0 Å². The average molecular weight is 407 g/mol. The zero-order valence-corrected chi connectivity index (χ0v) is 16.2. The molecule has 30 heavy (non-hydrogen) atoms. The van der Waals surface area contributed by atoms with E-state index in [4.69, 9.17) is 4.74 Å². The maximum atomic E-state index is 12.4. The first-order valence-electron chi connectivity index (χ1n) is 9.77. The molecule has 2 aromatic carbocycles. The number of hydrogen-bond acceptors (Lipinski definition) is 5. The summed E-state index contributed by atoms with van der Waals surface area (Å²) in [4.78, 5) is 48.9. The Morgan fingerprint density at radius 1 is 1.07 bits per heavy atom. The van der Waals surface area contributed by atoms with Crippen LogP contribution in [0.2, 0.25) is 0 Å². The molecule has 1 unspecified atom stereocenters. The maximum Gasteiger partial charge on any atom is 0.328 e. The molecule has 154 valence electrons. The molecule has 1 atom stereocenters. The first-order chi connectivity index (χ1) is 14.5. The van der Waals surface area contributed by atoms with Crippen LogP contribution in [0, 0.1) is 0 Å². The van der Waals surface area contributed by atoms with E-state index in [1.165, 1.54) is 17.7 Å². The lowest BCUT2D eigenvalue weighted by Crippen LogP contribution is -2.36. The van der Waals surface area contributed by atoms with E-state index in [2.05, 4.69) is 16.5 Å². The van der Waals surface area contributed by atoms with E-state index < -0.39 is 36.1 Å². The Labute approximate surface area is 171 Å². The molecule has 0 aliphatic heterocycles. The van der Waals surface area contributed by atoms with E-state index in [1.807, 2.05) is 18.2 Å². The summed E-state index contributed by atoms with van der Waals surface area (Å²) < 4.78 is 5.90. The fourth-order valence-corrected chi connectivity index (χ4v) is 3.82. The van der Waals surface area contributed by atoms with Crippen molar-refractivity contribution >= 4 is 22.6 Å². The molecule has 1 aromatic heterocycles. The third-order valence-corrected chi connectivity index (χ3v) is 5.24. The van der Waals surface area contributed by atoms with Crippen molar-refractivity contribution in [1.29, 1.82) is 0 Å². The van der Waals surface area contributed by atoms with E-state index in [0.29, 0.717) is 0 Å². The Balaban J connectivity index is 1.37. The van der Waals surface area contributed by atoms with Gasteiger partial charge in [0.1, 0.15) is 6.54 Å². The number of H-pyrrole nitrogens is 1. The summed E-state index contributed by atoms with van der Waals surface area (Å²) in [7, 11) is 0. The van der Waals surface area contributed by atoms with Gasteiger partial charge in [-0.2, -0.15) is 0 Å². The minimum absolute atomic E-state index is 0.111. The maximum absolute atomic E-state index is 12.4. The second kappa shape index (κ2) is 8.36. The molecule has 8 nitrogen and oxygen atoms in total. The Hall–Kier alpha value is -3.68. The summed E-state index contributed by atoms with van der Waals surface area (Å²) in [5.74, 6) is -1.20. The van der Waals surface area contributed by atoms with Crippen molar-refractivity contribution in [3.63, 3.8) is 0 Å². The molecule has 0 saturated carbocycles. The number of carbonyl (C=O) groups is 2. The molecule has 0 spiro atoms. The fourth-order valence-electron chi connectivity index (χ4n) is 3.82. The standard InChI is InChI=1S/C22H21N3O5/c26-19(23-18-11-5-7-14-6-1-2-8-15(14)18)13-30-20(27)12-25-22(29)17-10-4-3-9-16(17)21(28)24-25/h1-4,6,8-10,18H,5,7,11-13H2,(H,23,26)(H,24,28). The number of amides is 1. The SMILES string of the molecule is O=C(COC(=O)Cn1[nH]c(=O)c2ccccc2c1=O)NC1CCCc2ccccc21. The summed E-state index contributed by atoms with van der Waals surface area (Å²) in [5.41, 5.74) is 1.31. The van der Waals surface area contributed by atoms with Gasteiger partial charge in [0.05, 0.1) is 16.8 Å². The monoisotopic (exact) mass is 407 g/mol. The van der Waals surface area contributed by atoms with Crippen molar-refractivity contribution < 1.29 is 14.3 Å². The molecule has 1 aliphatic carbocycles. The number of hydrogen-bond donors (Lipinski definition) is 2. The molecule has 3 aromatic rings. The highest BCUT2D eigenvalue weighted by atomic mass is 16.5. The van der Waals surface area contributed by atoms with Crippen molar-refractivity contribution in [3.8, 4) is 0 Å². The van der Waals surface area contributed by atoms with E-state index in [1.54, 1.807) is 12.1 Å². The predicted molar refractivity (Wildman–Crippen MR) is 110 cm³/mol. The number of fused-ring (bicyclic) bond motifs is 2. The number of aryl methyl sites for hydroxylation is 1. The summed E-state index contributed by atoms with van der Waals surface area (Å²) in [6, 6.07) is 14.2. The molecule has 1 aliphatic rings. The number of nitrogens with zero attached hydrogens (tertiary/aromatic N) is 1. The zero-order valence-electron chi connectivity index (χ0n) is 16.2. The van der Waals surface area contributed by atoms with Crippen LogP contribution in [0.15, 0.2) is 58.1 Å². The molecule has 0 fully saturated rings. The van der Waals surface area contributed by atoms with E-state index >= 15 is 0 Å². The molecular weight excluding hydrogens is 386 g/mol. The number of nitrogens with one attached hydrogen (secondary N) is 2. The summed E-state index contributed by atoms with van der Waals surface area (Å²) in [6.07, 6.45) is 2.78. The number of carbonyl (C=O) groups excluding carboxylic acids is 2. The van der Waals surface area contributed by atoms with Crippen LogP contribution >= 0.6 is 0 Å². The van der Waals surface area contributed by atoms with Gasteiger partial charge in [-0.1, -0.05) is 36.4 Å². The van der Waals surface area contributed by atoms with E-state index in [9.17, 15) is 19.2 Å². The van der Waals surface area contributed by atoms with Crippen molar-refractivity contribution in [3.05, 3.63) is 80.4 Å². The van der Waals surface area contributed by atoms with Crippen molar-refractivity contribution in [1.82, 2.24) is 15.1 Å². The molecule has 4 rings (SSSR count). The van der Waals surface area contributed by atoms with Crippen LogP contribution in [-0.2, 0) is 27.3 Å². The Bertz CT molecular complexity index is 1230. The van der Waals surface area contributed by atoms with E-state index in [0.717, 1.165) is 29.5 Å². The average Bonchev–Trinajstić information content (AvgIpc) is 2.76. The number of rotatable bonds is 5. The summed E-state index contributed by atoms with van der Waals surface area (Å²) in [6.45, 7) is -0.942. The minimum atomic E-state index is -0.790. The summed E-state index contributed by atoms with van der Waals surface area (Å²) in [5, 5.41) is 5.72. The van der Waals surface area contributed by atoms with Crippen molar-refractivity contribution in [2.24, 2.45) is 0 Å². The highest BCUT2D eigenvalue weighted by molar-refractivity contribution is 5.82. The predicted octanol–water partition coefficient (Wildman–Crippen LogP) is 1.43. The van der Waals surface area contributed by atoms with Crippen LogP contribution in [0.25, 0.3) is 10.8 Å². The molecule has 1 amide bonds. The molecule has 0 bridgehead atoms. The number of ether oxygens (including phenoxy) is 1. The van der Waals surface area contributed by atoms with E-state index in [-0.39, 0.29) is 16.8 Å². The Morgan fingerprint density at radius 3 is 2.63 bits per heavy atom. The number of aromatic nitrogens is 2. The lowest BCUT2D eigenvalue weighted by Gasteiger charge is -2.26. The molecule has 1 heterocycles. The first kappa shape index (κ1) is 19.6. The van der Waals surface area contributed by atoms with Gasteiger partial charge in [-0.15, -0.1) is 0 Å². The minimum Gasteiger partial charge on any atom is -0.454 e. The molecule has 0 saturated heterocycles. The quantitative estimate of drug-likeness (QED) is 0.622. The van der Waals surface area contributed by atoms with Gasteiger partial charge < -0.3 is 10.1 Å². The number of aromatic amines is 1. The van der Waals surface area contributed by atoms with Gasteiger partial charge in [0.25, 0.3) is 17.0 Å². The van der Waals surface area contributed by atoms with Crippen LogP contribution in [0.4, 0.5) is 0 Å². The lowest BCUT2D eigenvalue weighted by molar-refractivity contribution is -0.149. The van der Waals surface area contributed by atoms with Crippen LogP contribution in [0.3, 0.4) is 0 Å². The van der Waals surface area contributed by atoms with Crippen molar-refractivity contribution in [2.75, 3.05) is 6.61 Å². The van der Waals surface area contributed by atoms with Gasteiger partial charge in [-0.05, 0) is 42.5 Å². The second-order valence-corrected chi connectivity index (χ2v) is 7.25. The highest BCUT2D eigenvalue weighted by Crippen LogP contribution is 2.29. The third kappa shape index (κ3) is 4.03. The van der Waals surface area contributed by atoms with Gasteiger partial charge in [0.2, 0.25) is 0 Å². The molecular formula is C22H21N3O5. The normalized spacial score (nSPS) is 15.4. The highest BCUT2D eigenvalue weighted by Gasteiger charge is 2.22. The topological polar surface area (TPSA) is 110 Å². The van der Waals surface area contributed by atoms with Gasteiger partial charge >= 0.3 is 5.97 Å². The van der Waals surface area contributed by atoms with Gasteiger partial charge in [0, 0.05) is 0 Å². The molecule has 0 radical (unpaired) electrons. The van der Waals surface area contributed by atoms with Crippen LogP contribution in [-0.4, -0.2) is 28.3 Å². The Morgan fingerprint density at radius 2 is 1.80 bits per heavy atom. The lowest BCUT2D eigenvalue weighted by atomic mass is 9.88. The second-order valence-electron chi connectivity index (χ2n) is 7.25. The zero-order chi connectivity index (χ0) is 21.1. The largest absolute Gasteiger partial charge is 0.454 e. The molecule has 8 heteroatoms. The van der Waals surface area contributed by atoms with Gasteiger partial charge in [-0.25, -0.2) is 4.68 Å². The number of esters is 1. The smallest absolute Gasteiger partial charge is 0.328 e. The third-order valence-electron chi connectivity index (χ3n) is 5.24.